The molecule has 2 atom stereocenters. The van der Waals surface area contributed by atoms with Gasteiger partial charge in [0, 0.05) is 37.6 Å². The number of hydrogen-bond donors (Lipinski definition) is 1. The molecule has 0 bridgehead atoms. The third-order valence-electron chi connectivity index (χ3n) is 5.80. The van der Waals surface area contributed by atoms with E-state index in [0.717, 1.165) is 44.0 Å². The number of nitrogens with zero attached hydrogens (tertiary/aromatic N) is 2. The van der Waals surface area contributed by atoms with Crippen molar-refractivity contribution in [2.24, 2.45) is 0 Å². The summed E-state index contributed by atoms with van der Waals surface area (Å²) in [5, 5.41) is 3.14. The maximum absolute atomic E-state index is 13.1. The third-order valence-corrected chi connectivity index (χ3v) is 5.80. The van der Waals surface area contributed by atoms with Crippen LogP contribution in [0.2, 0.25) is 0 Å². The number of benzene rings is 2. The van der Waals surface area contributed by atoms with Gasteiger partial charge in [-0.15, -0.1) is 0 Å². The van der Waals surface area contributed by atoms with E-state index in [0.29, 0.717) is 5.92 Å². The van der Waals surface area contributed by atoms with Crippen molar-refractivity contribution < 1.29 is 9.18 Å². The molecule has 4 nitrogen and oxygen atoms in total. The first-order valence-electron chi connectivity index (χ1n) is 10.1. The number of piperazine rings is 1. The Hall–Kier alpha value is -2.40. The van der Waals surface area contributed by atoms with Crippen molar-refractivity contribution in [3.8, 4) is 0 Å². The van der Waals surface area contributed by atoms with E-state index in [1.807, 2.05) is 37.3 Å². The molecule has 1 N–H and O–H groups in total. The molecular weight excluding hydrogens is 353 g/mol. The highest BCUT2D eigenvalue weighted by atomic mass is 19.1. The summed E-state index contributed by atoms with van der Waals surface area (Å²) in [6.07, 6.45) is 1.04. The van der Waals surface area contributed by atoms with Gasteiger partial charge in [-0.25, -0.2) is 4.39 Å². The lowest BCUT2D eigenvalue weighted by Gasteiger charge is -2.38. The summed E-state index contributed by atoms with van der Waals surface area (Å²) >= 11 is 0. The number of amides is 1. The van der Waals surface area contributed by atoms with Crippen LogP contribution in [0.25, 0.3) is 0 Å². The average molecular weight is 384 g/mol. The van der Waals surface area contributed by atoms with Crippen molar-refractivity contribution in [1.82, 2.24) is 4.90 Å². The molecule has 1 heterocycles. The van der Waals surface area contributed by atoms with Gasteiger partial charge in [0.1, 0.15) is 5.82 Å². The minimum Gasteiger partial charge on any atom is -0.369 e. The van der Waals surface area contributed by atoms with Gasteiger partial charge in [0.15, 0.2) is 0 Å². The van der Waals surface area contributed by atoms with E-state index >= 15 is 0 Å². The summed E-state index contributed by atoms with van der Waals surface area (Å²) in [6.45, 7) is 9.57. The number of rotatable bonds is 6. The molecule has 0 saturated carbocycles. The second-order valence-electron chi connectivity index (χ2n) is 7.56. The number of halogens is 1. The highest BCUT2D eigenvalue weighted by molar-refractivity contribution is 5.95. The molecule has 0 aliphatic carbocycles. The molecule has 0 radical (unpaired) electrons. The Labute approximate surface area is 167 Å². The van der Waals surface area contributed by atoms with E-state index < -0.39 is 0 Å². The second-order valence-corrected chi connectivity index (χ2v) is 7.56. The van der Waals surface area contributed by atoms with Gasteiger partial charge in [0.05, 0.1) is 6.04 Å². The van der Waals surface area contributed by atoms with Gasteiger partial charge in [0.2, 0.25) is 5.91 Å². The molecule has 28 heavy (non-hydrogen) atoms. The van der Waals surface area contributed by atoms with E-state index in [1.54, 1.807) is 0 Å². The Morgan fingerprint density at radius 2 is 1.68 bits per heavy atom. The summed E-state index contributed by atoms with van der Waals surface area (Å²) in [6, 6.07) is 14.5. The zero-order valence-corrected chi connectivity index (χ0v) is 17.0. The van der Waals surface area contributed by atoms with Crippen LogP contribution in [-0.2, 0) is 4.79 Å². The van der Waals surface area contributed by atoms with Crippen molar-refractivity contribution in [3.63, 3.8) is 0 Å². The van der Waals surface area contributed by atoms with Gasteiger partial charge in [-0.3, -0.25) is 9.69 Å². The fourth-order valence-corrected chi connectivity index (χ4v) is 3.68. The first-order valence-corrected chi connectivity index (χ1v) is 10.1. The van der Waals surface area contributed by atoms with E-state index in [4.69, 9.17) is 0 Å². The zero-order chi connectivity index (χ0) is 20.1. The standard InChI is InChI=1S/C23H30FN3O/c1-4-17(2)21-7-5-6-8-22(21)25-23(28)18(3)26-13-15-27(16-14-26)20-11-9-19(24)10-12-20/h5-12,17-18H,4,13-16H2,1-3H3,(H,25,28)/t17-,18+/m1/s1. The molecule has 1 aliphatic heterocycles. The monoisotopic (exact) mass is 383 g/mol. The van der Waals surface area contributed by atoms with Crippen LogP contribution in [0.5, 0.6) is 0 Å². The van der Waals surface area contributed by atoms with E-state index in [1.165, 1.54) is 17.7 Å². The summed E-state index contributed by atoms with van der Waals surface area (Å²) < 4.78 is 13.1. The molecule has 0 aromatic heterocycles. The van der Waals surface area contributed by atoms with Crippen LogP contribution < -0.4 is 10.2 Å². The third kappa shape index (κ3) is 4.71. The molecule has 2 aromatic carbocycles. The normalized spacial score (nSPS) is 17.2. The van der Waals surface area contributed by atoms with Crippen LogP contribution in [0.15, 0.2) is 48.5 Å². The highest BCUT2D eigenvalue weighted by Crippen LogP contribution is 2.27. The van der Waals surface area contributed by atoms with E-state index in [2.05, 4.69) is 35.0 Å². The average Bonchev–Trinajstić information content (AvgIpc) is 2.73. The minimum atomic E-state index is -0.217. The summed E-state index contributed by atoms with van der Waals surface area (Å²) in [4.78, 5) is 17.3. The van der Waals surface area contributed by atoms with Gasteiger partial charge in [-0.1, -0.05) is 32.0 Å². The molecule has 150 valence electrons. The number of carbonyl (C=O) groups excluding carboxylic acids is 1. The molecule has 0 spiro atoms. The fourth-order valence-electron chi connectivity index (χ4n) is 3.68. The first-order chi connectivity index (χ1) is 13.5. The lowest BCUT2D eigenvalue weighted by Crippen LogP contribution is -2.52. The highest BCUT2D eigenvalue weighted by Gasteiger charge is 2.26. The topological polar surface area (TPSA) is 35.6 Å². The number of anilines is 2. The first kappa shape index (κ1) is 20.3. The molecule has 1 fully saturated rings. The van der Waals surface area contributed by atoms with Crippen LogP contribution in [0, 0.1) is 5.82 Å². The van der Waals surface area contributed by atoms with Crippen LogP contribution in [0.1, 0.15) is 38.7 Å². The van der Waals surface area contributed by atoms with Crippen molar-refractivity contribution >= 4 is 17.3 Å². The number of carbonyl (C=O) groups is 1. The van der Waals surface area contributed by atoms with Crippen molar-refractivity contribution in [3.05, 3.63) is 59.9 Å². The molecule has 5 heteroatoms. The Morgan fingerprint density at radius 1 is 1.04 bits per heavy atom. The molecule has 3 rings (SSSR count). The zero-order valence-electron chi connectivity index (χ0n) is 17.0. The summed E-state index contributed by atoms with van der Waals surface area (Å²) in [7, 11) is 0. The summed E-state index contributed by atoms with van der Waals surface area (Å²) in [5.74, 6) is 0.224. The van der Waals surface area contributed by atoms with Gasteiger partial charge in [-0.2, -0.15) is 0 Å². The van der Waals surface area contributed by atoms with Crippen LogP contribution >= 0.6 is 0 Å². The molecular formula is C23H30FN3O. The van der Waals surface area contributed by atoms with Gasteiger partial charge in [-0.05, 0) is 55.2 Å². The largest absolute Gasteiger partial charge is 0.369 e. The second kappa shape index (κ2) is 9.20. The Kier molecular flexibility index (Phi) is 6.68. The Bertz CT molecular complexity index is 785. The number of hydrogen-bond acceptors (Lipinski definition) is 3. The molecule has 0 unspecified atom stereocenters. The quantitative estimate of drug-likeness (QED) is 0.798. The number of nitrogens with one attached hydrogen (secondary N) is 1. The van der Waals surface area contributed by atoms with Crippen molar-refractivity contribution in [2.45, 2.75) is 39.2 Å². The molecule has 1 saturated heterocycles. The van der Waals surface area contributed by atoms with Crippen LogP contribution in [0.4, 0.5) is 15.8 Å². The lowest BCUT2D eigenvalue weighted by atomic mass is 9.97. The predicted molar refractivity (Wildman–Crippen MR) is 113 cm³/mol. The van der Waals surface area contributed by atoms with E-state index in [-0.39, 0.29) is 17.8 Å². The fraction of sp³-hybridized carbons (Fsp3) is 0.435. The number of para-hydroxylation sites is 1. The SMILES string of the molecule is CC[C@@H](C)c1ccccc1NC(=O)[C@H](C)N1CCN(c2ccc(F)cc2)CC1. The van der Waals surface area contributed by atoms with Crippen molar-refractivity contribution in [2.75, 3.05) is 36.4 Å². The summed E-state index contributed by atoms with van der Waals surface area (Å²) in [5.41, 5.74) is 3.13. The van der Waals surface area contributed by atoms with Gasteiger partial charge >= 0.3 is 0 Å². The Morgan fingerprint density at radius 3 is 2.32 bits per heavy atom. The predicted octanol–water partition coefficient (Wildman–Crippen LogP) is 4.49. The molecule has 2 aromatic rings. The molecule has 1 amide bonds. The van der Waals surface area contributed by atoms with Crippen molar-refractivity contribution in [1.29, 1.82) is 0 Å². The smallest absolute Gasteiger partial charge is 0.241 e. The van der Waals surface area contributed by atoms with Gasteiger partial charge < -0.3 is 10.2 Å². The lowest BCUT2D eigenvalue weighted by molar-refractivity contribution is -0.120. The maximum atomic E-state index is 13.1. The van der Waals surface area contributed by atoms with Gasteiger partial charge in [0.25, 0.3) is 0 Å². The Balaban J connectivity index is 1.58. The van der Waals surface area contributed by atoms with Crippen LogP contribution in [0.3, 0.4) is 0 Å². The van der Waals surface area contributed by atoms with Crippen LogP contribution in [-0.4, -0.2) is 43.0 Å². The van der Waals surface area contributed by atoms with E-state index in [9.17, 15) is 9.18 Å². The molecule has 1 aliphatic rings. The maximum Gasteiger partial charge on any atom is 0.241 e. The minimum absolute atomic E-state index is 0.0333.